The number of alkyl halides is 2. The summed E-state index contributed by atoms with van der Waals surface area (Å²) in [6.45, 7) is 1.51. The molecule has 0 atom stereocenters. The SMILES string of the molecule is CC(F)(F)c1nc2ccc(OCC3CCC3)nc2s1. The molecule has 3 nitrogen and oxygen atoms in total. The van der Waals surface area contributed by atoms with Gasteiger partial charge in [-0.15, -0.1) is 0 Å². The number of fused-ring (bicyclic) bond motifs is 1. The van der Waals surface area contributed by atoms with Crippen LogP contribution in [-0.2, 0) is 5.92 Å². The van der Waals surface area contributed by atoms with Crippen molar-refractivity contribution in [3.8, 4) is 5.88 Å². The second kappa shape index (κ2) is 4.67. The van der Waals surface area contributed by atoms with Gasteiger partial charge < -0.3 is 4.74 Å². The first-order valence-corrected chi connectivity index (χ1v) is 7.13. The molecule has 1 fully saturated rings. The molecular formula is C13H14F2N2OS. The van der Waals surface area contributed by atoms with Crippen LogP contribution in [0.1, 0.15) is 31.2 Å². The summed E-state index contributed by atoms with van der Waals surface area (Å²) in [7, 11) is 0. The van der Waals surface area contributed by atoms with E-state index in [1.165, 1.54) is 19.3 Å². The van der Waals surface area contributed by atoms with E-state index in [0.717, 1.165) is 18.3 Å². The summed E-state index contributed by atoms with van der Waals surface area (Å²) in [5, 5.41) is -0.203. The van der Waals surface area contributed by atoms with Crippen LogP contribution in [0.25, 0.3) is 10.3 Å². The molecule has 0 aromatic carbocycles. The van der Waals surface area contributed by atoms with Gasteiger partial charge in [0.15, 0.2) is 5.01 Å². The van der Waals surface area contributed by atoms with Gasteiger partial charge in [-0.3, -0.25) is 0 Å². The van der Waals surface area contributed by atoms with E-state index in [1.807, 2.05) is 0 Å². The smallest absolute Gasteiger partial charge is 0.296 e. The Morgan fingerprint density at radius 1 is 1.37 bits per heavy atom. The number of hydrogen-bond donors (Lipinski definition) is 0. The maximum atomic E-state index is 13.2. The third kappa shape index (κ3) is 2.68. The average molecular weight is 284 g/mol. The predicted molar refractivity (Wildman–Crippen MR) is 69.8 cm³/mol. The van der Waals surface area contributed by atoms with Crippen molar-refractivity contribution in [1.82, 2.24) is 9.97 Å². The van der Waals surface area contributed by atoms with Crippen LogP contribution in [-0.4, -0.2) is 16.6 Å². The van der Waals surface area contributed by atoms with Gasteiger partial charge in [0, 0.05) is 13.0 Å². The minimum Gasteiger partial charge on any atom is -0.477 e. The number of hydrogen-bond acceptors (Lipinski definition) is 4. The van der Waals surface area contributed by atoms with E-state index in [4.69, 9.17) is 4.74 Å². The Hall–Kier alpha value is -1.30. The van der Waals surface area contributed by atoms with Gasteiger partial charge in [-0.05, 0) is 24.8 Å². The average Bonchev–Trinajstić information content (AvgIpc) is 2.69. The van der Waals surface area contributed by atoms with Gasteiger partial charge >= 0.3 is 0 Å². The Labute approximate surface area is 113 Å². The third-order valence-corrected chi connectivity index (χ3v) is 4.43. The molecule has 2 aromatic rings. The molecule has 0 N–H and O–H groups in total. The van der Waals surface area contributed by atoms with E-state index in [-0.39, 0.29) is 5.01 Å². The highest BCUT2D eigenvalue weighted by molar-refractivity contribution is 7.18. The zero-order valence-electron chi connectivity index (χ0n) is 10.5. The van der Waals surface area contributed by atoms with Crippen LogP contribution in [0.4, 0.5) is 8.78 Å². The van der Waals surface area contributed by atoms with E-state index in [0.29, 0.717) is 28.8 Å². The molecule has 0 aliphatic heterocycles. The van der Waals surface area contributed by atoms with Gasteiger partial charge in [-0.25, -0.2) is 9.97 Å². The van der Waals surface area contributed by atoms with Crippen molar-refractivity contribution in [1.29, 1.82) is 0 Å². The molecule has 2 heterocycles. The molecule has 19 heavy (non-hydrogen) atoms. The lowest BCUT2D eigenvalue weighted by atomic mass is 9.86. The number of ether oxygens (including phenoxy) is 1. The van der Waals surface area contributed by atoms with Gasteiger partial charge in [0.1, 0.15) is 10.3 Å². The number of halogens is 2. The molecule has 1 aliphatic rings. The summed E-state index contributed by atoms with van der Waals surface area (Å²) >= 11 is 0.920. The molecule has 2 aromatic heterocycles. The fourth-order valence-electron chi connectivity index (χ4n) is 1.93. The predicted octanol–water partition coefficient (Wildman–Crippen LogP) is 3.98. The van der Waals surface area contributed by atoms with E-state index >= 15 is 0 Å². The molecule has 0 radical (unpaired) electrons. The van der Waals surface area contributed by atoms with Crippen LogP contribution in [0.15, 0.2) is 12.1 Å². The lowest BCUT2D eigenvalue weighted by Gasteiger charge is -2.24. The van der Waals surface area contributed by atoms with Crippen molar-refractivity contribution in [2.45, 2.75) is 32.1 Å². The minimum absolute atomic E-state index is 0.203. The van der Waals surface area contributed by atoms with Crippen LogP contribution in [0.5, 0.6) is 5.88 Å². The van der Waals surface area contributed by atoms with Crippen molar-refractivity contribution < 1.29 is 13.5 Å². The quantitative estimate of drug-likeness (QED) is 0.851. The van der Waals surface area contributed by atoms with Crippen molar-refractivity contribution in [2.24, 2.45) is 5.92 Å². The Kier molecular flexibility index (Phi) is 3.12. The fourth-order valence-corrected chi connectivity index (χ4v) is 2.79. The van der Waals surface area contributed by atoms with Crippen LogP contribution < -0.4 is 4.74 Å². The van der Waals surface area contributed by atoms with Crippen LogP contribution >= 0.6 is 11.3 Å². The number of thiazole rings is 1. The van der Waals surface area contributed by atoms with Crippen molar-refractivity contribution in [3.05, 3.63) is 17.1 Å². The lowest BCUT2D eigenvalue weighted by molar-refractivity contribution is 0.0174. The molecule has 0 spiro atoms. The standard InChI is InChI=1S/C13H14F2N2OS/c1-13(14,15)12-16-9-5-6-10(17-11(9)19-12)18-7-8-3-2-4-8/h5-6,8H,2-4,7H2,1H3. The summed E-state index contributed by atoms with van der Waals surface area (Å²) < 4.78 is 32.0. The second-order valence-electron chi connectivity index (χ2n) is 4.99. The third-order valence-electron chi connectivity index (χ3n) is 3.30. The van der Waals surface area contributed by atoms with Gasteiger partial charge in [0.25, 0.3) is 5.92 Å². The van der Waals surface area contributed by atoms with Gasteiger partial charge in [-0.2, -0.15) is 8.78 Å². The summed E-state index contributed by atoms with van der Waals surface area (Å²) in [6.07, 6.45) is 3.67. The molecule has 0 bridgehead atoms. The zero-order chi connectivity index (χ0) is 13.5. The molecule has 0 amide bonds. The largest absolute Gasteiger partial charge is 0.477 e. The van der Waals surface area contributed by atoms with Gasteiger partial charge in [-0.1, -0.05) is 17.8 Å². The van der Waals surface area contributed by atoms with Crippen LogP contribution in [0.2, 0.25) is 0 Å². The fraction of sp³-hybridized carbons (Fsp3) is 0.538. The Bertz CT molecular complexity index is 590. The monoisotopic (exact) mass is 284 g/mol. The molecule has 0 saturated heterocycles. The summed E-state index contributed by atoms with van der Waals surface area (Å²) in [5.41, 5.74) is 0.498. The summed E-state index contributed by atoms with van der Waals surface area (Å²) in [4.78, 5) is 8.64. The topological polar surface area (TPSA) is 35.0 Å². The zero-order valence-corrected chi connectivity index (χ0v) is 11.3. The minimum atomic E-state index is -2.92. The normalized spacial score (nSPS) is 16.6. The van der Waals surface area contributed by atoms with Crippen LogP contribution in [0, 0.1) is 5.92 Å². The van der Waals surface area contributed by atoms with E-state index in [2.05, 4.69) is 9.97 Å². The van der Waals surface area contributed by atoms with Crippen LogP contribution in [0.3, 0.4) is 0 Å². The highest BCUT2D eigenvalue weighted by Crippen LogP contribution is 2.34. The Balaban J connectivity index is 1.79. The highest BCUT2D eigenvalue weighted by atomic mass is 32.1. The molecule has 1 aliphatic carbocycles. The first-order chi connectivity index (χ1) is 9.02. The maximum Gasteiger partial charge on any atom is 0.296 e. The summed E-state index contributed by atoms with van der Waals surface area (Å²) in [5.74, 6) is -1.80. The van der Waals surface area contributed by atoms with E-state index in [1.54, 1.807) is 12.1 Å². The summed E-state index contributed by atoms with van der Waals surface area (Å²) in [6, 6.07) is 3.38. The van der Waals surface area contributed by atoms with Crippen molar-refractivity contribution in [3.63, 3.8) is 0 Å². The van der Waals surface area contributed by atoms with Gasteiger partial charge in [0.2, 0.25) is 5.88 Å². The first kappa shape index (κ1) is 12.7. The van der Waals surface area contributed by atoms with Gasteiger partial charge in [0.05, 0.1) is 6.61 Å². The second-order valence-corrected chi connectivity index (χ2v) is 5.97. The van der Waals surface area contributed by atoms with E-state index < -0.39 is 5.92 Å². The first-order valence-electron chi connectivity index (χ1n) is 6.31. The molecule has 102 valence electrons. The highest BCUT2D eigenvalue weighted by Gasteiger charge is 2.29. The lowest BCUT2D eigenvalue weighted by Crippen LogP contribution is -2.19. The Morgan fingerprint density at radius 3 is 2.79 bits per heavy atom. The number of aromatic nitrogens is 2. The van der Waals surface area contributed by atoms with Crippen molar-refractivity contribution in [2.75, 3.05) is 6.61 Å². The van der Waals surface area contributed by atoms with Crippen molar-refractivity contribution >= 4 is 21.7 Å². The molecule has 6 heteroatoms. The Morgan fingerprint density at radius 2 is 2.16 bits per heavy atom. The number of pyridine rings is 1. The number of nitrogens with zero attached hydrogens (tertiary/aromatic N) is 2. The molecule has 1 saturated carbocycles. The maximum absolute atomic E-state index is 13.2. The molecule has 3 rings (SSSR count). The number of rotatable bonds is 4. The molecule has 0 unspecified atom stereocenters. The van der Waals surface area contributed by atoms with E-state index in [9.17, 15) is 8.78 Å². The molecular weight excluding hydrogens is 270 g/mol.